The van der Waals surface area contributed by atoms with Crippen molar-refractivity contribution in [3.63, 3.8) is 0 Å². The fourth-order valence-electron chi connectivity index (χ4n) is 3.18. The van der Waals surface area contributed by atoms with E-state index < -0.39 is 17.5 Å². The van der Waals surface area contributed by atoms with Crippen molar-refractivity contribution in [2.75, 3.05) is 0 Å². The van der Waals surface area contributed by atoms with Gasteiger partial charge in [-0.1, -0.05) is 15.9 Å². The number of halogens is 2. The van der Waals surface area contributed by atoms with Crippen LogP contribution in [0.3, 0.4) is 0 Å². The largest absolute Gasteiger partial charge is 0.490 e. The summed E-state index contributed by atoms with van der Waals surface area (Å²) in [6.45, 7) is 7.14. The molecule has 8 heteroatoms. The molecule has 2 aromatic carbocycles. The molecule has 0 heterocycles. The van der Waals surface area contributed by atoms with Crippen LogP contribution in [0.15, 0.2) is 27.1 Å². The molecule has 0 bridgehead atoms. The number of carboxylic acids is 1. The molecular formula is C21H18Br2O6. The van der Waals surface area contributed by atoms with Gasteiger partial charge in [-0.3, -0.25) is 9.59 Å². The highest BCUT2D eigenvalue weighted by molar-refractivity contribution is 9.11. The molecule has 0 radical (unpaired) electrons. The Hall–Kier alpha value is -2.19. The van der Waals surface area contributed by atoms with Crippen LogP contribution in [0.5, 0.6) is 11.5 Å². The minimum atomic E-state index is -1.24. The molecule has 0 saturated carbocycles. The van der Waals surface area contributed by atoms with Crippen molar-refractivity contribution in [1.29, 1.82) is 0 Å². The zero-order valence-electron chi connectivity index (χ0n) is 16.1. The van der Waals surface area contributed by atoms with Crippen LogP contribution in [0.25, 0.3) is 0 Å². The van der Waals surface area contributed by atoms with E-state index in [0.717, 1.165) is 0 Å². The summed E-state index contributed by atoms with van der Waals surface area (Å²) in [5.74, 6) is -1.85. The first-order valence-electron chi connectivity index (χ1n) is 8.89. The van der Waals surface area contributed by atoms with Gasteiger partial charge in [0.1, 0.15) is 11.5 Å². The van der Waals surface area contributed by atoms with Crippen molar-refractivity contribution in [1.82, 2.24) is 0 Å². The molecule has 0 fully saturated rings. The lowest BCUT2D eigenvalue weighted by Crippen LogP contribution is -2.26. The Morgan fingerprint density at radius 2 is 1.38 bits per heavy atom. The van der Waals surface area contributed by atoms with Gasteiger partial charge >= 0.3 is 5.97 Å². The summed E-state index contributed by atoms with van der Waals surface area (Å²) in [7, 11) is 0. The first kappa shape index (κ1) is 21.5. The quantitative estimate of drug-likeness (QED) is 0.488. The summed E-state index contributed by atoms with van der Waals surface area (Å²) < 4.78 is 12.0. The van der Waals surface area contributed by atoms with Crippen LogP contribution in [0.4, 0.5) is 0 Å². The molecule has 29 heavy (non-hydrogen) atoms. The number of rotatable bonds is 5. The molecule has 1 N–H and O–H groups in total. The molecular weight excluding hydrogens is 508 g/mol. The maximum Gasteiger partial charge on any atom is 0.337 e. The second kappa shape index (κ2) is 7.91. The van der Waals surface area contributed by atoms with E-state index in [9.17, 15) is 19.5 Å². The van der Waals surface area contributed by atoms with E-state index in [2.05, 4.69) is 31.9 Å². The van der Waals surface area contributed by atoms with E-state index in [1.165, 1.54) is 6.07 Å². The Balaban J connectivity index is 2.39. The fraction of sp³-hybridized carbons (Fsp3) is 0.286. The number of ether oxygens (including phenoxy) is 2. The molecule has 0 aromatic heterocycles. The summed E-state index contributed by atoms with van der Waals surface area (Å²) in [6, 6.07) is 4.53. The lowest BCUT2D eigenvalue weighted by molar-refractivity contribution is 0.0694. The van der Waals surface area contributed by atoms with Crippen molar-refractivity contribution in [2.24, 2.45) is 0 Å². The third kappa shape index (κ3) is 3.71. The molecule has 0 aliphatic heterocycles. The van der Waals surface area contributed by atoms with Crippen molar-refractivity contribution in [2.45, 2.75) is 39.9 Å². The Morgan fingerprint density at radius 3 is 1.93 bits per heavy atom. The highest BCUT2D eigenvalue weighted by Crippen LogP contribution is 2.44. The number of hydrogen-bond acceptors (Lipinski definition) is 5. The van der Waals surface area contributed by atoms with E-state index >= 15 is 0 Å². The number of aromatic carboxylic acids is 1. The topological polar surface area (TPSA) is 89.9 Å². The van der Waals surface area contributed by atoms with Gasteiger partial charge in [0.05, 0.1) is 40.0 Å². The van der Waals surface area contributed by atoms with E-state index in [0.29, 0.717) is 4.47 Å². The summed E-state index contributed by atoms with van der Waals surface area (Å²) in [5, 5.41) is 9.56. The standard InChI is InChI=1S/C21H18Br2O6/c1-8(2)28-12-6-5-11(22)14-15(12)20(25)16-13(29-9(3)4)7-10(21(26)27)18(23)17(16)19(14)24/h5-9H,1-4H3,(H,26,27). The van der Waals surface area contributed by atoms with Crippen molar-refractivity contribution < 1.29 is 29.0 Å². The van der Waals surface area contributed by atoms with Gasteiger partial charge in [-0.15, -0.1) is 0 Å². The molecule has 1 aliphatic carbocycles. The molecule has 0 amide bonds. The number of carboxylic acid groups (broad SMARTS) is 1. The van der Waals surface area contributed by atoms with Gasteiger partial charge in [0.2, 0.25) is 5.78 Å². The predicted octanol–water partition coefficient (Wildman–Crippen LogP) is 5.26. The third-order valence-electron chi connectivity index (χ3n) is 4.21. The van der Waals surface area contributed by atoms with Crippen LogP contribution in [0.1, 0.15) is 69.9 Å². The molecule has 2 aromatic rings. The second-order valence-electron chi connectivity index (χ2n) is 7.08. The summed E-state index contributed by atoms with van der Waals surface area (Å²) in [6.07, 6.45) is -0.544. The lowest BCUT2D eigenvalue weighted by Gasteiger charge is -2.26. The van der Waals surface area contributed by atoms with E-state index in [-0.39, 0.29) is 56.0 Å². The van der Waals surface area contributed by atoms with Crippen LogP contribution in [0, 0.1) is 0 Å². The number of carbonyl (C=O) groups is 3. The normalized spacial score (nSPS) is 12.8. The maximum atomic E-state index is 13.5. The number of fused-ring (bicyclic) bond motifs is 2. The molecule has 3 rings (SSSR count). The maximum absolute atomic E-state index is 13.5. The van der Waals surface area contributed by atoms with Gasteiger partial charge < -0.3 is 14.6 Å². The monoisotopic (exact) mass is 524 g/mol. The first-order valence-corrected chi connectivity index (χ1v) is 10.5. The molecule has 0 spiro atoms. The first-order chi connectivity index (χ1) is 13.5. The highest BCUT2D eigenvalue weighted by Gasteiger charge is 2.39. The van der Waals surface area contributed by atoms with Crippen LogP contribution in [0.2, 0.25) is 0 Å². The van der Waals surface area contributed by atoms with Crippen LogP contribution >= 0.6 is 31.9 Å². The molecule has 0 atom stereocenters. The van der Waals surface area contributed by atoms with Gasteiger partial charge in [-0.25, -0.2) is 4.79 Å². The predicted molar refractivity (Wildman–Crippen MR) is 114 cm³/mol. The van der Waals surface area contributed by atoms with E-state index in [1.54, 1.807) is 26.0 Å². The summed E-state index contributed by atoms with van der Waals surface area (Å²) in [4.78, 5) is 38.7. The Kier molecular flexibility index (Phi) is 5.87. The minimum Gasteiger partial charge on any atom is -0.490 e. The van der Waals surface area contributed by atoms with E-state index in [1.807, 2.05) is 13.8 Å². The molecule has 0 unspecified atom stereocenters. The molecule has 1 aliphatic rings. The number of hydrogen-bond donors (Lipinski definition) is 1. The Labute approximate surface area is 184 Å². The van der Waals surface area contributed by atoms with Gasteiger partial charge in [-0.2, -0.15) is 0 Å². The smallest absolute Gasteiger partial charge is 0.337 e. The van der Waals surface area contributed by atoms with E-state index in [4.69, 9.17) is 9.47 Å². The zero-order chi connectivity index (χ0) is 21.6. The summed E-state index contributed by atoms with van der Waals surface area (Å²) in [5.41, 5.74) is 0.114. The molecule has 152 valence electrons. The molecule has 6 nitrogen and oxygen atoms in total. The van der Waals surface area contributed by atoms with Crippen LogP contribution in [-0.2, 0) is 0 Å². The van der Waals surface area contributed by atoms with Crippen molar-refractivity contribution in [3.8, 4) is 11.5 Å². The third-order valence-corrected chi connectivity index (χ3v) is 5.69. The highest BCUT2D eigenvalue weighted by atomic mass is 79.9. The van der Waals surface area contributed by atoms with Gasteiger partial charge in [0, 0.05) is 8.95 Å². The van der Waals surface area contributed by atoms with Crippen molar-refractivity contribution >= 4 is 49.4 Å². The average Bonchev–Trinajstić information content (AvgIpc) is 2.61. The molecule has 0 saturated heterocycles. The zero-order valence-corrected chi connectivity index (χ0v) is 19.3. The average molecular weight is 526 g/mol. The van der Waals surface area contributed by atoms with Gasteiger partial charge in [-0.05, 0) is 61.8 Å². The lowest BCUT2D eigenvalue weighted by atomic mass is 9.82. The Bertz CT molecular complexity index is 1060. The summed E-state index contributed by atoms with van der Waals surface area (Å²) >= 11 is 6.56. The minimum absolute atomic E-state index is 0.0274. The number of carbonyl (C=O) groups excluding carboxylic acids is 2. The van der Waals surface area contributed by atoms with Crippen molar-refractivity contribution in [3.05, 3.63) is 55.0 Å². The van der Waals surface area contributed by atoms with Crippen LogP contribution in [-0.4, -0.2) is 34.9 Å². The number of ketones is 2. The fourth-order valence-corrected chi connectivity index (χ4v) is 4.36. The SMILES string of the molecule is CC(C)Oc1ccc(Br)c2c1C(=O)c1c(OC(C)C)cc(C(=O)O)c(Br)c1C2=O. The number of benzene rings is 2. The second-order valence-corrected chi connectivity index (χ2v) is 8.73. The van der Waals surface area contributed by atoms with Gasteiger partial charge in [0.15, 0.2) is 5.78 Å². The van der Waals surface area contributed by atoms with Crippen LogP contribution < -0.4 is 9.47 Å². The van der Waals surface area contributed by atoms with Gasteiger partial charge in [0.25, 0.3) is 0 Å². The Morgan fingerprint density at radius 1 is 0.862 bits per heavy atom.